The quantitative estimate of drug-likeness (QED) is 0.518. The van der Waals surface area contributed by atoms with E-state index < -0.39 is 14.9 Å². The van der Waals surface area contributed by atoms with E-state index in [1.807, 2.05) is 11.4 Å². The minimum Gasteiger partial charge on any atom is -0.294 e. The Kier molecular flexibility index (Phi) is 6.82. The van der Waals surface area contributed by atoms with E-state index in [4.69, 9.17) is 0 Å². The predicted octanol–water partition coefficient (Wildman–Crippen LogP) is 3.55. The average molecular weight is 424 g/mol. The van der Waals surface area contributed by atoms with Crippen molar-refractivity contribution >= 4 is 27.0 Å². The molecule has 1 aromatic heterocycles. The molecule has 0 radical (unpaired) electrons. The summed E-state index contributed by atoms with van der Waals surface area (Å²) in [5.74, 6) is 0.512. The molecule has 0 saturated carbocycles. The number of hydrogen-bond acceptors (Lipinski definition) is 6. The second kappa shape index (κ2) is 9.13. The van der Waals surface area contributed by atoms with Crippen LogP contribution in [-0.4, -0.2) is 37.9 Å². The van der Waals surface area contributed by atoms with E-state index in [1.54, 1.807) is 11.3 Å². The summed E-state index contributed by atoms with van der Waals surface area (Å²) in [6, 6.07) is 9.70. The van der Waals surface area contributed by atoms with Crippen LogP contribution >= 0.6 is 11.3 Å². The van der Waals surface area contributed by atoms with Crippen molar-refractivity contribution in [2.75, 3.05) is 19.6 Å². The van der Waals surface area contributed by atoms with Crippen molar-refractivity contribution in [2.45, 2.75) is 31.6 Å². The molecule has 1 unspecified atom stereocenters. The Labute approximate surface area is 169 Å². The second-order valence-corrected chi connectivity index (χ2v) is 10.1. The molecule has 2 heterocycles. The first-order chi connectivity index (χ1) is 13.3. The molecule has 1 saturated heterocycles. The highest BCUT2D eigenvalue weighted by Gasteiger charge is 2.26. The van der Waals surface area contributed by atoms with Crippen LogP contribution < -0.4 is 4.72 Å². The Hall–Kier alpha value is -1.81. The number of hydrogen-bond donors (Lipinski definition) is 1. The first kappa shape index (κ1) is 20.9. The highest BCUT2D eigenvalue weighted by molar-refractivity contribution is 7.88. The molecule has 28 heavy (non-hydrogen) atoms. The SMILES string of the molecule is CC1CCN(C(CNS(=O)(=O)Cc2ccc([N+](=O)[O-])cc2)c2cccs2)CC1. The van der Waals surface area contributed by atoms with Crippen LogP contribution in [0.15, 0.2) is 41.8 Å². The first-order valence-electron chi connectivity index (χ1n) is 9.32. The molecule has 1 aromatic carbocycles. The zero-order valence-electron chi connectivity index (χ0n) is 15.8. The maximum absolute atomic E-state index is 12.6. The zero-order valence-corrected chi connectivity index (χ0v) is 17.4. The van der Waals surface area contributed by atoms with Crippen molar-refractivity contribution in [1.29, 1.82) is 0 Å². The lowest BCUT2D eigenvalue weighted by Crippen LogP contribution is -2.41. The van der Waals surface area contributed by atoms with E-state index >= 15 is 0 Å². The van der Waals surface area contributed by atoms with Crippen LogP contribution in [0.25, 0.3) is 0 Å². The van der Waals surface area contributed by atoms with Gasteiger partial charge < -0.3 is 0 Å². The minimum absolute atomic E-state index is 0.0270. The third-order valence-electron chi connectivity index (χ3n) is 5.13. The third kappa shape index (κ3) is 5.60. The second-order valence-electron chi connectivity index (χ2n) is 7.28. The van der Waals surface area contributed by atoms with Crippen molar-refractivity contribution in [3.63, 3.8) is 0 Å². The number of nitro benzene ring substituents is 1. The molecule has 1 aliphatic heterocycles. The van der Waals surface area contributed by atoms with Crippen LogP contribution in [0.3, 0.4) is 0 Å². The van der Waals surface area contributed by atoms with Gasteiger partial charge in [0.1, 0.15) is 0 Å². The molecule has 1 N–H and O–H groups in total. The van der Waals surface area contributed by atoms with Gasteiger partial charge in [0.2, 0.25) is 10.0 Å². The smallest absolute Gasteiger partial charge is 0.269 e. The maximum atomic E-state index is 12.6. The fraction of sp³-hybridized carbons (Fsp3) is 0.474. The molecule has 2 aromatic rings. The van der Waals surface area contributed by atoms with Crippen molar-refractivity contribution < 1.29 is 13.3 Å². The zero-order chi connectivity index (χ0) is 20.1. The van der Waals surface area contributed by atoms with Gasteiger partial charge in [-0.2, -0.15) is 0 Å². The van der Waals surface area contributed by atoms with Gasteiger partial charge in [0.25, 0.3) is 5.69 Å². The highest BCUT2D eigenvalue weighted by atomic mass is 32.2. The largest absolute Gasteiger partial charge is 0.294 e. The van der Waals surface area contributed by atoms with Gasteiger partial charge in [0, 0.05) is 23.6 Å². The summed E-state index contributed by atoms with van der Waals surface area (Å²) in [5, 5.41) is 12.7. The lowest BCUT2D eigenvalue weighted by Gasteiger charge is -2.36. The van der Waals surface area contributed by atoms with Crippen LogP contribution in [0.1, 0.15) is 36.2 Å². The van der Waals surface area contributed by atoms with Gasteiger partial charge >= 0.3 is 0 Å². The number of rotatable bonds is 8. The minimum atomic E-state index is -3.55. The van der Waals surface area contributed by atoms with E-state index in [1.165, 1.54) is 24.3 Å². The molecule has 1 aliphatic rings. The third-order valence-corrected chi connectivity index (χ3v) is 7.42. The molecule has 0 bridgehead atoms. The standard InChI is InChI=1S/C19H25N3O4S2/c1-15-8-10-21(11-9-15)18(19-3-2-12-27-19)13-20-28(25,26)14-16-4-6-17(7-5-16)22(23)24/h2-7,12,15,18,20H,8-11,13-14H2,1H3. The van der Waals surface area contributed by atoms with Gasteiger partial charge in [-0.15, -0.1) is 11.3 Å². The summed E-state index contributed by atoms with van der Waals surface area (Å²) in [4.78, 5) is 13.8. The van der Waals surface area contributed by atoms with Gasteiger partial charge in [-0.3, -0.25) is 15.0 Å². The van der Waals surface area contributed by atoms with Crippen LogP contribution in [0.2, 0.25) is 0 Å². The molecule has 0 amide bonds. The number of non-ortho nitro benzene ring substituents is 1. The molecule has 7 nitrogen and oxygen atoms in total. The van der Waals surface area contributed by atoms with E-state index in [-0.39, 0.29) is 17.5 Å². The summed E-state index contributed by atoms with van der Waals surface area (Å²) in [7, 11) is -3.55. The van der Waals surface area contributed by atoms with Gasteiger partial charge in [0.15, 0.2) is 0 Å². The Morgan fingerprint density at radius 3 is 2.50 bits per heavy atom. The van der Waals surface area contributed by atoms with Crippen molar-refractivity contribution in [3.8, 4) is 0 Å². The van der Waals surface area contributed by atoms with Gasteiger partial charge in [-0.1, -0.05) is 25.1 Å². The topological polar surface area (TPSA) is 92.6 Å². The number of nitro groups is 1. The summed E-state index contributed by atoms with van der Waals surface area (Å²) in [6.45, 7) is 4.51. The Morgan fingerprint density at radius 1 is 1.25 bits per heavy atom. The fourth-order valence-corrected chi connectivity index (χ4v) is 5.43. The number of thiophene rings is 1. The van der Waals surface area contributed by atoms with E-state index in [0.29, 0.717) is 18.0 Å². The first-order valence-corrected chi connectivity index (χ1v) is 11.9. The van der Waals surface area contributed by atoms with E-state index in [0.717, 1.165) is 30.8 Å². The highest BCUT2D eigenvalue weighted by Crippen LogP contribution is 2.29. The van der Waals surface area contributed by atoms with Crippen molar-refractivity contribution in [1.82, 2.24) is 9.62 Å². The molecule has 0 spiro atoms. The van der Waals surface area contributed by atoms with Gasteiger partial charge in [-0.25, -0.2) is 13.1 Å². The molecule has 1 fully saturated rings. The van der Waals surface area contributed by atoms with Crippen LogP contribution in [0.4, 0.5) is 5.69 Å². The molecule has 0 aliphatic carbocycles. The number of piperidine rings is 1. The monoisotopic (exact) mass is 423 g/mol. The summed E-state index contributed by atoms with van der Waals surface area (Å²) in [6.07, 6.45) is 2.24. The summed E-state index contributed by atoms with van der Waals surface area (Å²) < 4.78 is 27.9. The van der Waals surface area contributed by atoms with E-state index in [2.05, 4.69) is 22.6 Å². The number of benzene rings is 1. The molecule has 9 heteroatoms. The van der Waals surface area contributed by atoms with Crippen LogP contribution in [-0.2, 0) is 15.8 Å². The molecular formula is C19H25N3O4S2. The van der Waals surface area contributed by atoms with Gasteiger partial charge in [0.05, 0.1) is 16.7 Å². The summed E-state index contributed by atoms with van der Waals surface area (Å²) in [5.41, 5.74) is 0.476. The Balaban J connectivity index is 1.65. The fourth-order valence-electron chi connectivity index (χ4n) is 3.42. The number of sulfonamides is 1. The lowest BCUT2D eigenvalue weighted by atomic mass is 9.97. The van der Waals surface area contributed by atoms with Crippen molar-refractivity contribution in [3.05, 3.63) is 62.3 Å². The Bertz CT molecular complexity index is 874. The van der Waals surface area contributed by atoms with Gasteiger partial charge in [-0.05, 0) is 48.9 Å². The maximum Gasteiger partial charge on any atom is 0.269 e. The van der Waals surface area contributed by atoms with E-state index in [9.17, 15) is 18.5 Å². The van der Waals surface area contributed by atoms with Crippen molar-refractivity contribution in [2.24, 2.45) is 5.92 Å². The number of nitrogens with one attached hydrogen (secondary N) is 1. The lowest BCUT2D eigenvalue weighted by molar-refractivity contribution is -0.384. The average Bonchev–Trinajstić information content (AvgIpc) is 3.18. The molecule has 152 valence electrons. The molecular weight excluding hydrogens is 398 g/mol. The summed E-state index contributed by atoms with van der Waals surface area (Å²) >= 11 is 1.64. The number of likely N-dealkylation sites (tertiary alicyclic amines) is 1. The number of nitrogens with zero attached hydrogens (tertiary/aromatic N) is 2. The normalized spacial score (nSPS) is 17.5. The predicted molar refractivity (Wildman–Crippen MR) is 111 cm³/mol. The Morgan fingerprint density at radius 2 is 1.93 bits per heavy atom. The molecule has 1 atom stereocenters. The van der Waals surface area contributed by atoms with Crippen LogP contribution in [0.5, 0.6) is 0 Å². The van der Waals surface area contributed by atoms with Crippen LogP contribution in [0, 0.1) is 16.0 Å². The molecule has 3 rings (SSSR count).